The van der Waals surface area contributed by atoms with E-state index in [4.69, 9.17) is 4.74 Å². The Morgan fingerprint density at radius 1 is 0.467 bits per heavy atom. The molecule has 0 N–H and O–H groups in total. The van der Waals surface area contributed by atoms with E-state index in [9.17, 15) is 0 Å². The summed E-state index contributed by atoms with van der Waals surface area (Å²) in [5.41, 5.74) is 12.9. The molecule has 1 nitrogen and oxygen atoms in total. The van der Waals surface area contributed by atoms with Crippen LogP contribution < -0.4 is 0 Å². The van der Waals surface area contributed by atoms with Crippen molar-refractivity contribution in [3.8, 4) is 11.1 Å². The molecule has 0 aromatic heterocycles. The maximum Gasteiger partial charge on any atom is 0.105 e. The molecule has 0 amide bonds. The highest BCUT2D eigenvalue weighted by Gasteiger charge is 2.56. The molecule has 0 aliphatic heterocycles. The van der Waals surface area contributed by atoms with Crippen molar-refractivity contribution in [1.29, 1.82) is 0 Å². The third-order valence-corrected chi connectivity index (χ3v) is 10.3. The van der Waals surface area contributed by atoms with Crippen molar-refractivity contribution >= 4 is 6.08 Å². The topological polar surface area (TPSA) is 9.23 Å². The van der Waals surface area contributed by atoms with Crippen LogP contribution in [0.4, 0.5) is 0 Å². The summed E-state index contributed by atoms with van der Waals surface area (Å²) in [5, 5.41) is 0. The highest BCUT2D eigenvalue weighted by molar-refractivity contribution is 5.83. The van der Waals surface area contributed by atoms with Crippen LogP contribution in [0.3, 0.4) is 0 Å². The number of benzene rings is 5. The third kappa shape index (κ3) is 4.59. The molecule has 226 valence electrons. The number of methoxy groups -OCH3 is 1. The van der Waals surface area contributed by atoms with Gasteiger partial charge in [-0.1, -0.05) is 163 Å². The largest absolute Gasteiger partial charge is 0.500 e. The van der Waals surface area contributed by atoms with Crippen molar-refractivity contribution in [1.82, 2.24) is 0 Å². The summed E-state index contributed by atoms with van der Waals surface area (Å²) in [6.07, 6.45) is 2.27. The first-order valence-corrected chi connectivity index (χ1v) is 16.3. The van der Waals surface area contributed by atoms with Crippen molar-refractivity contribution in [2.45, 2.75) is 69.6 Å². The summed E-state index contributed by atoms with van der Waals surface area (Å²) < 4.78 is 6.41. The molecule has 0 heterocycles. The molecule has 0 saturated heterocycles. The molecule has 45 heavy (non-hydrogen) atoms. The van der Waals surface area contributed by atoms with E-state index in [0.29, 0.717) is 0 Å². The Hall–Kier alpha value is -4.36. The lowest BCUT2D eigenvalue weighted by molar-refractivity contribution is 0.234. The van der Waals surface area contributed by atoms with E-state index < -0.39 is 5.41 Å². The number of rotatable bonds is 5. The van der Waals surface area contributed by atoms with Crippen LogP contribution in [-0.4, -0.2) is 7.11 Å². The van der Waals surface area contributed by atoms with E-state index in [1.54, 1.807) is 0 Å². The second-order valence-corrected chi connectivity index (χ2v) is 15.0. The Kier molecular flexibility index (Phi) is 6.93. The summed E-state index contributed by atoms with van der Waals surface area (Å²) in [4.78, 5) is 0. The zero-order valence-electron chi connectivity index (χ0n) is 27.7. The van der Waals surface area contributed by atoms with Crippen molar-refractivity contribution in [2.75, 3.05) is 7.11 Å². The van der Waals surface area contributed by atoms with Gasteiger partial charge in [-0.05, 0) is 72.5 Å². The summed E-state index contributed by atoms with van der Waals surface area (Å²) in [5.74, 6) is 1.01. The van der Waals surface area contributed by atoms with Crippen LogP contribution in [0.5, 0.6) is 0 Å². The Bertz CT molecular complexity index is 1790. The summed E-state index contributed by atoms with van der Waals surface area (Å²) >= 11 is 0. The molecule has 1 atom stereocenters. The Morgan fingerprint density at radius 2 is 0.933 bits per heavy atom. The van der Waals surface area contributed by atoms with Crippen LogP contribution in [0, 0.1) is 0 Å². The maximum absolute atomic E-state index is 6.41. The molecular formula is C44H44O. The van der Waals surface area contributed by atoms with Gasteiger partial charge >= 0.3 is 0 Å². The molecule has 7 rings (SSSR count). The monoisotopic (exact) mass is 588 g/mol. The predicted molar refractivity (Wildman–Crippen MR) is 189 cm³/mol. The van der Waals surface area contributed by atoms with Gasteiger partial charge in [0.25, 0.3) is 0 Å². The Balaban J connectivity index is 1.67. The number of fused-ring (bicyclic) bond motifs is 4. The molecule has 2 aliphatic carbocycles. The predicted octanol–water partition coefficient (Wildman–Crippen LogP) is 11.2. The van der Waals surface area contributed by atoms with E-state index in [0.717, 1.165) is 5.76 Å². The van der Waals surface area contributed by atoms with Gasteiger partial charge in [0.2, 0.25) is 0 Å². The van der Waals surface area contributed by atoms with Crippen LogP contribution in [-0.2, 0) is 21.0 Å². The molecule has 0 fully saturated rings. The maximum atomic E-state index is 6.41. The fraction of sp³-hybridized carbons (Fsp3) is 0.273. The standard InChI is InChI=1S/C44H44O/c1-42(2,3)32-22-24-35-36-25-23-33(43(4,5)6)28-38(36)40(37(35)27-32)44(30-17-10-8-11-18-30,31-19-12-9-13-20-31)41-34-21-15-14-16-29(34)26-39(41)45-7/h8-28,40-41H,1-7H3. The van der Waals surface area contributed by atoms with Crippen LogP contribution in [0.1, 0.15) is 97.9 Å². The minimum absolute atomic E-state index is 0.0185. The lowest BCUT2D eigenvalue weighted by Crippen LogP contribution is -2.42. The number of ether oxygens (including phenoxy) is 1. The first-order chi connectivity index (χ1) is 21.5. The van der Waals surface area contributed by atoms with Crippen LogP contribution in [0.2, 0.25) is 0 Å². The van der Waals surface area contributed by atoms with Gasteiger partial charge in [0.05, 0.1) is 13.0 Å². The van der Waals surface area contributed by atoms with Gasteiger partial charge in [-0.2, -0.15) is 0 Å². The summed E-state index contributed by atoms with van der Waals surface area (Å²) in [6, 6.07) is 45.9. The van der Waals surface area contributed by atoms with E-state index in [2.05, 4.69) is 169 Å². The summed E-state index contributed by atoms with van der Waals surface area (Å²) in [7, 11) is 1.84. The lowest BCUT2D eigenvalue weighted by Gasteiger charge is -2.47. The highest BCUT2D eigenvalue weighted by Crippen LogP contribution is 2.64. The average molecular weight is 589 g/mol. The highest BCUT2D eigenvalue weighted by atomic mass is 16.5. The lowest BCUT2D eigenvalue weighted by atomic mass is 9.55. The second kappa shape index (κ2) is 10.6. The normalized spacial score (nSPS) is 16.2. The fourth-order valence-corrected chi connectivity index (χ4v) is 8.05. The quantitative estimate of drug-likeness (QED) is 0.198. The molecule has 5 aromatic rings. The zero-order chi connectivity index (χ0) is 31.6. The van der Waals surface area contributed by atoms with E-state index in [1.807, 2.05) is 7.11 Å². The van der Waals surface area contributed by atoms with Crippen LogP contribution >= 0.6 is 0 Å². The smallest absolute Gasteiger partial charge is 0.105 e. The first kappa shape index (κ1) is 29.4. The number of hydrogen-bond donors (Lipinski definition) is 0. The van der Waals surface area contributed by atoms with Crippen LogP contribution in [0.25, 0.3) is 17.2 Å². The molecule has 2 aliphatic rings. The summed E-state index contributed by atoms with van der Waals surface area (Å²) in [6.45, 7) is 13.9. The first-order valence-electron chi connectivity index (χ1n) is 16.3. The molecule has 0 radical (unpaired) electrons. The van der Waals surface area contributed by atoms with E-state index in [1.165, 1.54) is 55.6 Å². The van der Waals surface area contributed by atoms with E-state index >= 15 is 0 Å². The molecule has 5 aromatic carbocycles. The van der Waals surface area contributed by atoms with Gasteiger partial charge in [-0.25, -0.2) is 0 Å². The SMILES string of the molecule is COC1=Cc2ccccc2C1C(c1ccccc1)(c1ccccc1)C1c2cc(C(C)(C)C)ccc2-c2ccc(C(C)(C)C)cc21. The Labute approximate surface area is 269 Å². The molecule has 0 spiro atoms. The molecule has 1 unspecified atom stereocenters. The minimum Gasteiger partial charge on any atom is -0.500 e. The van der Waals surface area contributed by atoms with Crippen LogP contribution in [0.15, 0.2) is 127 Å². The molecule has 1 heteroatoms. The molecule has 0 bridgehead atoms. The van der Waals surface area contributed by atoms with Gasteiger partial charge in [0, 0.05) is 11.3 Å². The van der Waals surface area contributed by atoms with Crippen molar-refractivity contribution in [3.05, 3.63) is 172 Å². The third-order valence-electron chi connectivity index (χ3n) is 10.3. The van der Waals surface area contributed by atoms with Crippen molar-refractivity contribution in [2.24, 2.45) is 0 Å². The number of allylic oxidation sites excluding steroid dienone is 1. The van der Waals surface area contributed by atoms with Gasteiger partial charge < -0.3 is 4.74 Å². The molecular weight excluding hydrogens is 544 g/mol. The van der Waals surface area contributed by atoms with Crippen molar-refractivity contribution < 1.29 is 4.74 Å². The van der Waals surface area contributed by atoms with Gasteiger partial charge in [0.15, 0.2) is 0 Å². The van der Waals surface area contributed by atoms with Gasteiger partial charge in [0.1, 0.15) is 5.76 Å². The van der Waals surface area contributed by atoms with E-state index in [-0.39, 0.29) is 22.7 Å². The zero-order valence-corrected chi connectivity index (χ0v) is 27.7. The number of hydrogen-bond acceptors (Lipinski definition) is 1. The van der Waals surface area contributed by atoms with Gasteiger partial charge in [-0.15, -0.1) is 0 Å². The van der Waals surface area contributed by atoms with Crippen molar-refractivity contribution in [3.63, 3.8) is 0 Å². The Morgan fingerprint density at radius 3 is 1.40 bits per heavy atom. The second-order valence-electron chi connectivity index (χ2n) is 15.0. The molecule has 0 saturated carbocycles. The van der Waals surface area contributed by atoms with Gasteiger partial charge in [-0.3, -0.25) is 0 Å². The average Bonchev–Trinajstić information content (AvgIpc) is 3.58. The minimum atomic E-state index is -0.510. The fourth-order valence-electron chi connectivity index (χ4n) is 8.05.